The molecule has 0 saturated heterocycles. The summed E-state index contributed by atoms with van der Waals surface area (Å²) in [5, 5.41) is 12.9. The molecule has 0 atom stereocenters. The van der Waals surface area contributed by atoms with Crippen LogP contribution in [0.4, 0.5) is 8.78 Å². The van der Waals surface area contributed by atoms with Crippen LogP contribution in [-0.2, 0) is 4.79 Å². The van der Waals surface area contributed by atoms with Crippen LogP contribution in [0.1, 0.15) is 6.42 Å². The average molecular weight is 196 g/mol. The average Bonchev–Trinajstić information content (AvgIpc) is 2.11. The topological polar surface area (TPSA) is 61.4 Å². The van der Waals surface area contributed by atoms with Crippen molar-refractivity contribution in [2.75, 3.05) is 26.7 Å². The molecule has 0 aromatic heterocycles. The minimum Gasteiger partial charge on any atom is -0.390 e. The fraction of sp³-hybridized carbons (Fsp3) is 0.857. The van der Waals surface area contributed by atoms with Gasteiger partial charge in [0.15, 0.2) is 0 Å². The van der Waals surface area contributed by atoms with Crippen LogP contribution in [0.25, 0.3) is 0 Å². The number of carbonyl (C=O) groups excluding carboxylic acids is 1. The Balaban J connectivity index is 3.57. The minimum absolute atomic E-state index is 0.151. The highest BCUT2D eigenvalue weighted by Crippen LogP contribution is 2.09. The van der Waals surface area contributed by atoms with Gasteiger partial charge in [0.05, 0.1) is 6.54 Å². The first kappa shape index (κ1) is 12.2. The number of carbonyl (C=O) groups is 1. The largest absolute Gasteiger partial charge is 0.390 e. The van der Waals surface area contributed by atoms with Crippen molar-refractivity contribution in [2.24, 2.45) is 0 Å². The summed E-state index contributed by atoms with van der Waals surface area (Å²) in [5.74, 6) is -3.68. The van der Waals surface area contributed by atoms with Crippen LogP contribution < -0.4 is 10.6 Å². The first-order valence-electron chi connectivity index (χ1n) is 3.92. The van der Waals surface area contributed by atoms with Crippen LogP contribution in [0.3, 0.4) is 0 Å². The van der Waals surface area contributed by atoms with E-state index in [9.17, 15) is 13.6 Å². The summed E-state index contributed by atoms with van der Waals surface area (Å²) in [6.07, 6.45) is 0.151. The smallest absolute Gasteiger partial charge is 0.287 e. The zero-order valence-electron chi connectivity index (χ0n) is 7.44. The third kappa shape index (κ3) is 6.41. The number of hydrogen-bond donors (Lipinski definition) is 3. The van der Waals surface area contributed by atoms with Crippen molar-refractivity contribution < 1.29 is 18.7 Å². The van der Waals surface area contributed by atoms with E-state index >= 15 is 0 Å². The van der Waals surface area contributed by atoms with Gasteiger partial charge in [-0.15, -0.1) is 0 Å². The maximum atomic E-state index is 12.4. The number of alkyl halides is 2. The molecule has 4 nitrogen and oxygen atoms in total. The number of amides is 1. The van der Waals surface area contributed by atoms with Gasteiger partial charge in [-0.3, -0.25) is 4.79 Å². The molecule has 0 aliphatic heterocycles. The SMILES string of the molecule is CNCCC(=O)NCC(F)(F)CO. The molecule has 1 amide bonds. The van der Waals surface area contributed by atoms with Crippen molar-refractivity contribution in [2.45, 2.75) is 12.3 Å². The lowest BCUT2D eigenvalue weighted by atomic mass is 10.3. The van der Waals surface area contributed by atoms with Gasteiger partial charge in [0.25, 0.3) is 5.92 Å². The highest BCUT2D eigenvalue weighted by atomic mass is 19.3. The summed E-state index contributed by atoms with van der Waals surface area (Å²) in [5.41, 5.74) is 0. The Morgan fingerprint density at radius 2 is 2.15 bits per heavy atom. The molecular weight excluding hydrogens is 182 g/mol. The van der Waals surface area contributed by atoms with Crippen molar-refractivity contribution >= 4 is 5.91 Å². The predicted molar refractivity (Wildman–Crippen MR) is 43.6 cm³/mol. The summed E-state index contributed by atoms with van der Waals surface area (Å²) in [6.45, 7) is -1.62. The third-order valence-corrected chi connectivity index (χ3v) is 1.38. The van der Waals surface area contributed by atoms with Gasteiger partial charge in [-0.25, -0.2) is 8.78 Å². The Kier molecular flexibility index (Phi) is 5.48. The van der Waals surface area contributed by atoms with E-state index in [0.29, 0.717) is 6.54 Å². The molecule has 3 N–H and O–H groups in total. The second kappa shape index (κ2) is 5.82. The van der Waals surface area contributed by atoms with Crippen molar-refractivity contribution in [3.8, 4) is 0 Å². The van der Waals surface area contributed by atoms with Gasteiger partial charge in [-0.2, -0.15) is 0 Å². The molecule has 0 heterocycles. The summed E-state index contributed by atoms with van der Waals surface area (Å²) in [6, 6.07) is 0. The van der Waals surface area contributed by atoms with Crippen molar-refractivity contribution in [1.82, 2.24) is 10.6 Å². The molecule has 0 bridgehead atoms. The Morgan fingerprint density at radius 1 is 1.54 bits per heavy atom. The maximum Gasteiger partial charge on any atom is 0.287 e. The molecule has 0 aromatic rings. The highest BCUT2D eigenvalue weighted by molar-refractivity contribution is 5.76. The normalized spacial score (nSPS) is 11.4. The van der Waals surface area contributed by atoms with Gasteiger partial charge in [-0.1, -0.05) is 0 Å². The molecule has 0 aromatic carbocycles. The lowest BCUT2D eigenvalue weighted by Gasteiger charge is -2.13. The van der Waals surface area contributed by atoms with E-state index in [4.69, 9.17) is 5.11 Å². The van der Waals surface area contributed by atoms with E-state index in [2.05, 4.69) is 5.32 Å². The van der Waals surface area contributed by atoms with Gasteiger partial charge in [0.2, 0.25) is 5.91 Å². The number of nitrogens with one attached hydrogen (secondary N) is 2. The quantitative estimate of drug-likeness (QED) is 0.528. The van der Waals surface area contributed by atoms with Crippen LogP contribution in [0.2, 0.25) is 0 Å². The first-order valence-corrected chi connectivity index (χ1v) is 3.92. The van der Waals surface area contributed by atoms with Gasteiger partial charge in [-0.05, 0) is 7.05 Å². The summed E-state index contributed by atoms with van der Waals surface area (Å²) < 4.78 is 24.7. The number of hydrogen-bond acceptors (Lipinski definition) is 3. The zero-order chi connectivity index (χ0) is 10.3. The van der Waals surface area contributed by atoms with Crippen LogP contribution in [0.5, 0.6) is 0 Å². The second-order valence-corrected chi connectivity index (χ2v) is 2.64. The molecule has 0 radical (unpaired) electrons. The van der Waals surface area contributed by atoms with E-state index in [1.54, 1.807) is 7.05 Å². The van der Waals surface area contributed by atoms with E-state index < -0.39 is 25.0 Å². The van der Waals surface area contributed by atoms with Crippen LogP contribution in [-0.4, -0.2) is 43.7 Å². The summed E-state index contributed by atoms with van der Waals surface area (Å²) >= 11 is 0. The molecule has 6 heteroatoms. The molecule has 0 aliphatic carbocycles. The zero-order valence-corrected chi connectivity index (χ0v) is 7.44. The Hall–Kier alpha value is -0.750. The van der Waals surface area contributed by atoms with Crippen molar-refractivity contribution in [3.05, 3.63) is 0 Å². The van der Waals surface area contributed by atoms with Crippen LogP contribution in [0, 0.1) is 0 Å². The number of aliphatic hydroxyl groups is 1. The maximum absolute atomic E-state index is 12.4. The monoisotopic (exact) mass is 196 g/mol. The molecule has 0 fully saturated rings. The molecule has 13 heavy (non-hydrogen) atoms. The van der Waals surface area contributed by atoms with E-state index in [1.807, 2.05) is 5.32 Å². The Bertz CT molecular complexity index is 165. The van der Waals surface area contributed by atoms with Crippen molar-refractivity contribution in [3.63, 3.8) is 0 Å². The van der Waals surface area contributed by atoms with Gasteiger partial charge < -0.3 is 15.7 Å². The molecule has 0 unspecified atom stereocenters. The molecule has 0 aliphatic rings. The fourth-order valence-electron chi connectivity index (χ4n) is 0.611. The Morgan fingerprint density at radius 3 is 2.62 bits per heavy atom. The van der Waals surface area contributed by atoms with Gasteiger partial charge in [0, 0.05) is 13.0 Å². The molecule has 78 valence electrons. The fourth-order valence-corrected chi connectivity index (χ4v) is 0.611. The minimum atomic E-state index is -3.23. The second-order valence-electron chi connectivity index (χ2n) is 2.64. The third-order valence-electron chi connectivity index (χ3n) is 1.38. The standard InChI is InChI=1S/C7H14F2N2O2/c1-10-3-2-6(13)11-4-7(8,9)5-12/h10,12H,2-5H2,1H3,(H,11,13). The lowest BCUT2D eigenvalue weighted by Crippen LogP contribution is -2.39. The van der Waals surface area contributed by atoms with Crippen molar-refractivity contribution in [1.29, 1.82) is 0 Å². The van der Waals surface area contributed by atoms with Gasteiger partial charge in [0.1, 0.15) is 6.61 Å². The lowest BCUT2D eigenvalue weighted by molar-refractivity contribution is -0.123. The van der Waals surface area contributed by atoms with Crippen LogP contribution in [0.15, 0.2) is 0 Å². The molecular formula is C7H14F2N2O2. The molecule has 0 rings (SSSR count). The summed E-state index contributed by atoms with van der Waals surface area (Å²) in [7, 11) is 1.66. The molecule has 0 saturated carbocycles. The van der Waals surface area contributed by atoms with E-state index in [-0.39, 0.29) is 6.42 Å². The Labute approximate surface area is 75.3 Å². The number of halogens is 2. The van der Waals surface area contributed by atoms with Gasteiger partial charge >= 0.3 is 0 Å². The predicted octanol–water partition coefficient (Wildman–Crippen LogP) is -0.660. The van der Waals surface area contributed by atoms with E-state index in [1.165, 1.54) is 0 Å². The number of aliphatic hydroxyl groups excluding tert-OH is 1. The van der Waals surface area contributed by atoms with Crippen LogP contribution >= 0.6 is 0 Å². The summed E-state index contributed by atoms with van der Waals surface area (Å²) in [4.78, 5) is 10.8. The molecule has 0 spiro atoms. The van der Waals surface area contributed by atoms with E-state index in [0.717, 1.165) is 0 Å². The highest BCUT2D eigenvalue weighted by Gasteiger charge is 2.27. The first-order chi connectivity index (χ1) is 6.02. The number of rotatable bonds is 6.